The van der Waals surface area contributed by atoms with Crippen molar-refractivity contribution >= 4 is 5.96 Å². The van der Waals surface area contributed by atoms with E-state index in [2.05, 4.69) is 40.9 Å². The van der Waals surface area contributed by atoms with Gasteiger partial charge in [-0.25, -0.2) is 0 Å². The molecule has 26 heavy (non-hydrogen) atoms. The van der Waals surface area contributed by atoms with Crippen molar-refractivity contribution in [3.8, 4) is 0 Å². The van der Waals surface area contributed by atoms with Crippen LogP contribution < -0.4 is 5.32 Å². The zero-order valence-electron chi connectivity index (χ0n) is 17.5. The molecule has 2 aliphatic rings. The third kappa shape index (κ3) is 6.71. The minimum Gasteiger partial charge on any atom is -0.383 e. The largest absolute Gasteiger partial charge is 0.383 e. The smallest absolute Gasteiger partial charge is 0.193 e. The zero-order valence-corrected chi connectivity index (χ0v) is 17.5. The molecule has 2 aliphatic heterocycles. The van der Waals surface area contributed by atoms with E-state index in [1.807, 2.05) is 0 Å². The lowest BCUT2D eigenvalue weighted by molar-refractivity contribution is 0.121. The molecule has 6 nitrogen and oxygen atoms in total. The Morgan fingerprint density at radius 1 is 1.19 bits per heavy atom. The topological polar surface area (TPSA) is 43.3 Å². The Hall–Kier alpha value is -0.850. The lowest BCUT2D eigenvalue weighted by atomic mass is 9.97. The van der Waals surface area contributed by atoms with E-state index in [1.54, 1.807) is 7.11 Å². The summed E-state index contributed by atoms with van der Waals surface area (Å²) in [6, 6.07) is 0.679. The summed E-state index contributed by atoms with van der Waals surface area (Å²) in [4.78, 5) is 12.5. The van der Waals surface area contributed by atoms with Crippen molar-refractivity contribution in [1.82, 2.24) is 20.0 Å². The number of nitrogens with one attached hydrogen (secondary N) is 1. The molecule has 0 spiro atoms. The summed E-state index contributed by atoms with van der Waals surface area (Å²) in [5.74, 6) is 1.80. The number of piperidine rings is 1. The van der Waals surface area contributed by atoms with Crippen LogP contribution in [0.25, 0.3) is 0 Å². The molecule has 0 aliphatic carbocycles. The van der Waals surface area contributed by atoms with Crippen molar-refractivity contribution in [1.29, 1.82) is 0 Å². The summed E-state index contributed by atoms with van der Waals surface area (Å²) >= 11 is 0. The predicted octanol–water partition coefficient (Wildman–Crippen LogP) is 1.73. The van der Waals surface area contributed by atoms with Gasteiger partial charge in [-0.3, -0.25) is 9.89 Å². The fourth-order valence-corrected chi connectivity index (χ4v) is 4.22. The van der Waals surface area contributed by atoms with Crippen molar-refractivity contribution in [3.63, 3.8) is 0 Å². The highest BCUT2D eigenvalue weighted by molar-refractivity contribution is 5.79. The van der Waals surface area contributed by atoms with E-state index in [-0.39, 0.29) is 0 Å². The van der Waals surface area contributed by atoms with Crippen molar-refractivity contribution in [2.75, 3.05) is 73.1 Å². The molecule has 6 heteroatoms. The third-order valence-electron chi connectivity index (χ3n) is 5.90. The first-order chi connectivity index (χ1) is 12.7. The standard InChI is InChI=1S/C20H41N5O/c1-5-21-20(23(3)17-19-8-7-11-25(19)6-2)22-16-18-9-12-24(13-10-18)14-15-26-4/h18-19H,5-17H2,1-4H3,(H,21,22). The van der Waals surface area contributed by atoms with E-state index in [0.29, 0.717) is 6.04 Å². The molecule has 2 fully saturated rings. The van der Waals surface area contributed by atoms with E-state index in [1.165, 1.54) is 45.3 Å². The van der Waals surface area contributed by atoms with Gasteiger partial charge < -0.3 is 19.9 Å². The average molecular weight is 368 g/mol. The second-order valence-electron chi connectivity index (χ2n) is 7.78. The SMILES string of the molecule is CCNC(=NCC1CCN(CCOC)CC1)N(C)CC1CCCN1CC. The van der Waals surface area contributed by atoms with Crippen LogP contribution in [0.1, 0.15) is 39.5 Å². The molecule has 0 aromatic carbocycles. The summed E-state index contributed by atoms with van der Waals surface area (Å²) in [6.07, 6.45) is 5.16. The molecule has 0 radical (unpaired) electrons. The normalized spacial score (nSPS) is 23.5. The van der Waals surface area contributed by atoms with E-state index < -0.39 is 0 Å². The van der Waals surface area contributed by atoms with Crippen molar-refractivity contribution < 1.29 is 4.74 Å². The molecule has 2 heterocycles. The first kappa shape index (κ1) is 21.5. The lowest BCUT2D eigenvalue weighted by Crippen LogP contribution is -2.46. The number of nitrogens with zero attached hydrogens (tertiary/aromatic N) is 4. The first-order valence-electron chi connectivity index (χ1n) is 10.6. The maximum atomic E-state index is 5.19. The van der Waals surface area contributed by atoms with Crippen LogP contribution in [0.15, 0.2) is 4.99 Å². The molecule has 0 saturated carbocycles. The van der Waals surface area contributed by atoms with Gasteiger partial charge >= 0.3 is 0 Å². The van der Waals surface area contributed by atoms with Gasteiger partial charge in [-0.15, -0.1) is 0 Å². The van der Waals surface area contributed by atoms with E-state index >= 15 is 0 Å². The quantitative estimate of drug-likeness (QED) is 0.497. The van der Waals surface area contributed by atoms with Gasteiger partial charge in [-0.05, 0) is 64.7 Å². The minimum atomic E-state index is 0.679. The molecule has 0 amide bonds. The average Bonchev–Trinajstić information content (AvgIpc) is 3.11. The summed E-state index contributed by atoms with van der Waals surface area (Å²) in [6.45, 7) is 14.1. The molecule has 1 N–H and O–H groups in total. The van der Waals surface area contributed by atoms with Crippen LogP contribution in [0.5, 0.6) is 0 Å². The Morgan fingerprint density at radius 2 is 1.96 bits per heavy atom. The summed E-state index contributed by atoms with van der Waals surface area (Å²) in [7, 11) is 3.98. The van der Waals surface area contributed by atoms with Gasteiger partial charge in [-0.1, -0.05) is 6.92 Å². The van der Waals surface area contributed by atoms with Gasteiger partial charge in [0.1, 0.15) is 0 Å². The molecular weight excluding hydrogens is 326 g/mol. The highest BCUT2D eigenvalue weighted by atomic mass is 16.5. The van der Waals surface area contributed by atoms with Gasteiger partial charge in [0.15, 0.2) is 5.96 Å². The van der Waals surface area contributed by atoms with Crippen LogP contribution in [0.4, 0.5) is 0 Å². The Labute approximate surface area is 160 Å². The summed E-state index contributed by atoms with van der Waals surface area (Å²) < 4.78 is 5.19. The number of aliphatic imine (C=N–C) groups is 1. The van der Waals surface area contributed by atoms with Gasteiger partial charge in [0.25, 0.3) is 0 Å². The number of likely N-dealkylation sites (tertiary alicyclic amines) is 2. The maximum Gasteiger partial charge on any atom is 0.193 e. The Morgan fingerprint density at radius 3 is 2.62 bits per heavy atom. The number of methoxy groups -OCH3 is 1. The highest BCUT2D eigenvalue weighted by Crippen LogP contribution is 2.19. The van der Waals surface area contributed by atoms with E-state index in [9.17, 15) is 0 Å². The monoisotopic (exact) mass is 367 g/mol. The van der Waals surface area contributed by atoms with Crippen LogP contribution in [-0.2, 0) is 4.74 Å². The third-order valence-corrected chi connectivity index (χ3v) is 5.90. The highest BCUT2D eigenvalue weighted by Gasteiger charge is 2.25. The molecule has 0 bridgehead atoms. The van der Waals surface area contributed by atoms with Crippen LogP contribution >= 0.6 is 0 Å². The molecule has 1 unspecified atom stereocenters. The second-order valence-corrected chi connectivity index (χ2v) is 7.78. The van der Waals surface area contributed by atoms with E-state index in [0.717, 1.165) is 51.2 Å². The number of hydrogen-bond donors (Lipinski definition) is 1. The number of likely N-dealkylation sites (N-methyl/N-ethyl adjacent to an activating group) is 2. The Bertz CT molecular complexity index is 409. The fraction of sp³-hybridized carbons (Fsp3) is 0.950. The number of guanidine groups is 1. The summed E-state index contributed by atoms with van der Waals surface area (Å²) in [5, 5.41) is 3.50. The minimum absolute atomic E-state index is 0.679. The second kappa shape index (κ2) is 11.8. The molecule has 0 aromatic rings. The molecule has 152 valence electrons. The van der Waals surface area contributed by atoms with Crippen molar-refractivity contribution in [3.05, 3.63) is 0 Å². The number of rotatable bonds is 9. The number of ether oxygens (including phenoxy) is 1. The molecule has 2 rings (SSSR count). The molecular formula is C20H41N5O. The van der Waals surface area contributed by atoms with Crippen molar-refractivity contribution in [2.24, 2.45) is 10.9 Å². The molecule has 0 aromatic heterocycles. The number of hydrogen-bond acceptors (Lipinski definition) is 4. The van der Waals surface area contributed by atoms with Crippen molar-refractivity contribution in [2.45, 2.75) is 45.6 Å². The fourth-order valence-electron chi connectivity index (χ4n) is 4.22. The first-order valence-corrected chi connectivity index (χ1v) is 10.6. The predicted molar refractivity (Wildman–Crippen MR) is 110 cm³/mol. The molecule has 2 saturated heterocycles. The van der Waals surface area contributed by atoms with Gasteiger partial charge in [0, 0.05) is 46.4 Å². The Kier molecular flexibility index (Phi) is 9.72. The van der Waals surface area contributed by atoms with Crippen LogP contribution in [0, 0.1) is 5.92 Å². The van der Waals surface area contributed by atoms with E-state index in [4.69, 9.17) is 9.73 Å². The van der Waals surface area contributed by atoms with Crippen LogP contribution in [-0.4, -0.2) is 99.8 Å². The Balaban J connectivity index is 1.80. The van der Waals surface area contributed by atoms with Gasteiger partial charge in [0.2, 0.25) is 0 Å². The van der Waals surface area contributed by atoms with Crippen LogP contribution in [0.2, 0.25) is 0 Å². The lowest BCUT2D eigenvalue weighted by Gasteiger charge is -2.32. The maximum absolute atomic E-state index is 5.19. The van der Waals surface area contributed by atoms with Gasteiger partial charge in [-0.2, -0.15) is 0 Å². The summed E-state index contributed by atoms with van der Waals surface area (Å²) in [5.41, 5.74) is 0. The van der Waals surface area contributed by atoms with Crippen LogP contribution in [0.3, 0.4) is 0 Å². The van der Waals surface area contributed by atoms with Gasteiger partial charge in [0.05, 0.1) is 6.61 Å². The zero-order chi connectivity index (χ0) is 18.8. The molecule has 1 atom stereocenters.